The van der Waals surface area contributed by atoms with E-state index in [1.54, 1.807) is 28.3 Å². The quantitative estimate of drug-likeness (QED) is 0.711. The minimum absolute atomic E-state index is 0.0351. The molecule has 3 aliphatic rings. The molecule has 7 nitrogen and oxygen atoms in total. The van der Waals surface area contributed by atoms with Gasteiger partial charge in [0.1, 0.15) is 12.4 Å². The fraction of sp³-hybridized carbons (Fsp3) is 0.450. The summed E-state index contributed by atoms with van der Waals surface area (Å²) in [5.41, 5.74) is -0.377. The number of ether oxygens (including phenoxy) is 1. The molecule has 1 spiro atoms. The second kappa shape index (κ2) is 6.48. The van der Waals surface area contributed by atoms with Crippen molar-refractivity contribution >= 4 is 17.7 Å². The number of alkyl halides is 3. The third-order valence-electron chi connectivity index (χ3n) is 5.88. The molecule has 0 aliphatic carbocycles. The van der Waals surface area contributed by atoms with Gasteiger partial charge in [0.05, 0.1) is 17.3 Å². The van der Waals surface area contributed by atoms with Gasteiger partial charge < -0.3 is 14.5 Å². The van der Waals surface area contributed by atoms with E-state index in [4.69, 9.17) is 4.74 Å². The van der Waals surface area contributed by atoms with Gasteiger partial charge in [0.25, 0.3) is 0 Å². The van der Waals surface area contributed by atoms with Crippen molar-refractivity contribution in [3.63, 3.8) is 0 Å². The Bertz CT molecular complexity index is 970. The van der Waals surface area contributed by atoms with Crippen molar-refractivity contribution in [2.75, 3.05) is 42.6 Å². The topological polar surface area (TPSA) is 61.8 Å². The average molecular weight is 419 g/mol. The first-order valence-electron chi connectivity index (χ1n) is 9.70. The Kier molecular flexibility index (Phi) is 4.09. The molecule has 4 heterocycles. The van der Waals surface area contributed by atoms with Crippen LogP contribution in [0.4, 0.5) is 29.6 Å². The van der Waals surface area contributed by atoms with Crippen molar-refractivity contribution in [3.8, 4) is 5.75 Å². The average Bonchev–Trinajstić information content (AvgIpc) is 2.65. The lowest BCUT2D eigenvalue weighted by molar-refractivity contribution is -0.137. The summed E-state index contributed by atoms with van der Waals surface area (Å²) in [6, 6.07) is 4.56. The number of likely N-dealkylation sites (tertiary alicyclic amines) is 1. The highest BCUT2D eigenvalue weighted by molar-refractivity contribution is 5.95. The van der Waals surface area contributed by atoms with Gasteiger partial charge in [-0.15, -0.1) is 0 Å². The SMILES string of the molecule is CC1COc2cc(C(F)(F)F)ccc2N1C(=O)N1CC2(C1)CN(c1ncccn1)C2. The Morgan fingerprint density at radius 2 is 1.87 bits per heavy atom. The molecule has 158 valence electrons. The molecule has 0 radical (unpaired) electrons. The molecule has 2 fully saturated rings. The predicted octanol–water partition coefficient (Wildman–Crippen LogP) is 3.02. The molecule has 0 bridgehead atoms. The van der Waals surface area contributed by atoms with E-state index in [1.165, 1.54) is 6.07 Å². The Morgan fingerprint density at radius 3 is 2.53 bits per heavy atom. The van der Waals surface area contributed by atoms with Gasteiger partial charge in [-0.05, 0) is 31.2 Å². The van der Waals surface area contributed by atoms with E-state index in [9.17, 15) is 18.0 Å². The highest BCUT2D eigenvalue weighted by Crippen LogP contribution is 2.44. The molecule has 2 aromatic rings. The molecule has 0 saturated carbocycles. The highest BCUT2D eigenvalue weighted by atomic mass is 19.4. The largest absolute Gasteiger partial charge is 0.489 e. The van der Waals surface area contributed by atoms with Crippen molar-refractivity contribution in [1.82, 2.24) is 14.9 Å². The van der Waals surface area contributed by atoms with Crippen LogP contribution < -0.4 is 14.5 Å². The van der Waals surface area contributed by atoms with Crippen LogP contribution in [0.2, 0.25) is 0 Å². The summed E-state index contributed by atoms with van der Waals surface area (Å²) in [7, 11) is 0. The molecule has 1 aromatic heterocycles. The van der Waals surface area contributed by atoms with Crippen LogP contribution in [0.3, 0.4) is 0 Å². The third kappa shape index (κ3) is 3.01. The van der Waals surface area contributed by atoms with Crippen molar-refractivity contribution in [1.29, 1.82) is 0 Å². The number of carbonyl (C=O) groups is 1. The maximum atomic E-state index is 13.2. The molecular formula is C20H20F3N5O2. The number of hydrogen-bond donors (Lipinski definition) is 0. The molecule has 30 heavy (non-hydrogen) atoms. The second-order valence-electron chi connectivity index (χ2n) is 8.25. The fourth-order valence-electron chi connectivity index (χ4n) is 4.43. The van der Waals surface area contributed by atoms with E-state index in [2.05, 4.69) is 14.9 Å². The summed E-state index contributed by atoms with van der Waals surface area (Å²) in [4.78, 5) is 27.0. The summed E-state index contributed by atoms with van der Waals surface area (Å²) in [6.07, 6.45) is -1.06. The summed E-state index contributed by atoms with van der Waals surface area (Å²) < 4.78 is 44.5. The van der Waals surface area contributed by atoms with Crippen LogP contribution in [0, 0.1) is 5.41 Å². The lowest BCUT2D eigenvalue weighted by atomic mass is 9.73. The van der Waals surface area contributed by atoms with Crippen molar-refractivity contribution < 1.29 is 22.7 Å². The smallest absolute Gasteiger partial charge is 0.416 e. The van der Waals surface area contributed by atoms with Gasteiger partial charge in [0.15, 0.2) is 0 Å². The number of fused-ring (bicyclic) bond motifs is 1. The number of amides is 2. The minimum Gasteiger partial charge on any atom is -0.489 e. The number of anilines is 2. The van der Waals surface area contributed by atoms with Crippen molar-refractivity contribution in [3.05, 3.63) is 42.2 Å². The molecule has 1 unspecified atom stereocenters. The zero-order valence-electron chi connectivity index (χ0n) is 16.3. The van der Waals surface area contributed by atoms with Crippen molar-refractivity contribution in [2.24, 2.45) is 5.41 Å². The van der Waals surface area contributed by atoms with Crippen LogP contribution >= 0.6 is 0 Å². The second-order valence-corrected chi connectivity index (χ2v) is 8.25. The summed E-state index contributed by atoms with van der Waals surface area (Å²) >= 11 is 0. The predicted molar refractivity (Wildman–Crippen MR) is 103 cm³/mol. The van der Waals surface area contributed by atoms with Crippen LogP contribution in [0.5, 0.6) is 5.75 Å². The van der Waals surface area contributed by atoms with Crippen LogP contribution in [0.1, 0.15) is 12.5 Å². The minimum atomic E-state index is -4.46. The first-order valence-corrected chi connectivity index (χ1v) is 9.70. The van der Waals surface area contributed by atoms with E-state index in [0.717, 1.165) is 25.2 Å². The van der Waals surface area contributed by atoms with Crippen LogP contribution in [0.15, 0.2) is 36.7 Å². The molecule has 3 aliphatic heterocycles. The Hall–Kier alpha value is -3.04. The van der Waals surface area contributed by atoms with E-state index < -0.39 is 11.7 Å². The Balaban J connectivity index is 1.28. The normalized spacial score (nSPS) is 22.1. The van der Waals surface area contributed by atoms with Gasteiger partial charge in [-0.2, -0.15) is 13.2 Å². The van der Waals surface area contributed by atoms with E-state index >= 15 is 0 Å². The number of benzene rings is 1. The Morgan fingerprint density at radius 1 is 1.17 bits per heavy atom. The Labute approximate surface area is 171 Å². The van der Waals surface area contributed by atoms with Crippen LogP contribution in [-0.2, 0) is 6.18 Å². The molecule has 5 rings (SSSR count). The molecule has 1 aromatic carbocycles. The molecule has 2 amide bonds. The molecule has 0 N–H and O–H groups in total. The first-order chi connectivity index (χ1) is 14.3. The molecule has 10 heteroatoms. The highest BCUT2D eigenvalue weighted by Gasteiger charge is 2.55. The third-order valence-corrected chi connectivity index (χ3v) is 5.88. The lowest BCUT2D eigenvalue weighted by Crippen LogP contribution is -2.74. The van der Waals surface area contributed by atoms with Gasteiger partial charge in [-0.1, -0.05) is 0 Å². The van der Waals surface area contributed by atoms with Gasteiger partial charge in [0.2, 0.25) is 5.95 Å². The molecular weight excluding hydrogens is 399 g/mol. The number of rotatable bonds is 1. The fourth-order valence-corrected chi connectivity index (χ4v) is 4.43. The maximum absolute atomic E-state index is 13.2. The standard InChI is InChI=1S/C20H20F3N5O2/c1-13-8-30-16-7-14(20(21,22)23)3-4-15(16)28(13)18(29)27-11-19(12-27)9-26(10-19)17-24-5-2-6-25-17/h2-7,13H,8-12H2,1H3. The summed E-state index contributed by atoms with van der Waals surface area (Å²) in [5, 5.41) is 0. The van der Waals surface area contributed by atoms with Gasteiger partial charge in [-0.25, -0.2) is 14.8 Å². The van der Waals surface area contributed by atoms with E-state index in [0.29, 0.717) is 24.7 Å². The number of carbonyl (C=O) groups excluding carboxylic acids is 1. The van der Waals surface area contributed by atoms with Crippen molar-refractivity contribution in [2.45, 2.75) is 19.1 Å². The van der Waals surface area contributed by atoms with E-state index in [1.807, 2.05) is 6.92 Å². The number of aromatic nitrogens is 2. The number of halogens is 3. The zero-order chi connectivity index (χ0) is 21.1. The van der Waals surface area contributed by atoms with Crippen LogP contribution in [0.25, 0.3) is 0 Å². The number of hydrogen-bond acceptors (Lipinski definition) is 5. The van der Waals surface area contributed by atoms with E-state index in [-0.39, 0.29) is 29.8 Å². The maximum Gasteiger partial charge on any atom is 0.416 e. The van der Waals surface area contributed by atoms with Gasteiger partial charge in [-0.3, -0.25) is 4.90 Å². The molecule has 1 atom stereocenters. The number of urea groups is 1. The summed E-state index contributed by atoms with van der Waals surface area (Å²) in [6.45, 7) is 4.75. The zero-order valence-corrected chi connectivity index (χ0v) is 16.3. The summed E-state index contributed by atoms with van der Waals surface area (Å²) in [5.74, 6) is 0.770. The van der Waals surface area contributed by atoms with Gasteiger partial charge >= 0.3 is 12.2 Å². The lowest BCUT2D eigenvalue weighted by Gasteiger charge is -2.60. The van der Waals surface area contributed by atoms with Gasteiger partial charge in [0, 0.05) is 44.0 Å². The number of nitrogens with zero attached hydrogens (tertiary/aromatic N) is 5. The first kappa shape index (κ1) is 19.0. The monoisotopic (exact) mass is 419 g/mol. The van der Waals surface area contributed by atoms with Crippen LogP contribution in [-0.4, -0.2) is 59.7 Å². The molecule has 2 saturated heterocycles.